The Bertz CT molecular complexity index is 941. The molecule has 1 aliphatic rings. The highest BCUT2D eigenvalue weighted by Gasteiger charge is 2.27. The standard InChI is InChI=1S/C17H19N5O4/c1-20-5-4-18-16(20)15(24)13-8-11-9-21(6-7-22(11)19-13)17(25)14-3-2-12(10-23)26-14/h2-5,8,15,23-24H,6-7,9-10H2,1H3/t15-/m0/s1. The van der Waals surface area contributed by atoms with Crippen LogP contribution in [0.15, 0.2) is 35.0 Å². The third kappa shape index (κ3) is 2.80. The van der Waals surface area contributed by atoms with Crippen LogP contribution in [0.3, 0.4) is 0 Å². The zero-order valence-electron chi connectivity index (χ0n) is 14.2. The normalized spacial score (nSPS) is 15.1. The molecule has 4 heterocycles. The summed E-state index contributed by atoms with van der Waals surface area (Å²) in [4.78, 5) is 18.4. The van der Waals surface area contributed by atoms with E-state index >= 15 is 0 Å². The molecule has 1 aliphatic heterocycles. The summed E-state index contributed by atoms with van der Waals surface area (Å²) in [5.74, 6) is 0.843. The fourth-order valence-electron chi connectivity index (χ4n) is 3.10. The molecule has 9 heteroatoms. The van der Waals surface area contributed by atoms with Crippen LogP contribution in [-0.4, -0.2) is 46.9 Å². The van der Waals surface area contributed by atoms with E-state index in [9.17, 15) is 9.90 Å². The fourth-order valence-corrected chi connectivity index (χ4v) is 3.10. The third-order valence-corrected chi connectivity index (χ3v) is 4.52. The molecule has 2 N–H and O–H groups in total. The summed E-state index contributed by atoms with van der Waals surface area (Å²) in [5, 5.41) is 24.0. The fraction of sp³-hybridized carbons (Fsp3) is 0.353. The average Bonchev–Trinajstić information content (AvgIpc) is 3.38. The molecular formula is C17H19N5O4. The van der Waals surface area contributed by atoms with Crippen LogP contribution in [0.2, 0.25) is 0 Å². The lowest BCUT2D eigenvalue weighted by molar-refractivity contribution is 0.0669. The number of imidazole rings is 1. The first-order valence-corrected chi connectivity index (χ1v) is 8.27. The second kappa shape index (κ2) is 6.43. The van der Waals surface area contributed by atoms with Crippen molar-refractivity contribution in [1.29, 1.82) is 0 Å². The SMILES string of the molecule is Cn1ccnc1[C@@H](O)c1cc2n(n1)CCN(C(=O)c1ccc(CO)o1)C2. The lowest BCUT2D eigenvalue weighted by Gasteiger charge is -2.26. The monoisotopic (exact) mass is 357 g/mol. The molecule has 0 saturated carbocycles. The number of hydrogen-bond acceptors (Lipinski definition) is 6. The van der Waals surface area contributed by atoms with Crippen molar-refractivity contribution in [3.63, 3.8) is 0 Å². The quantitative estimate of drug-likeness (QED) is 0.701. The van der Waals surface area contributed by atoms with Gasteiger partial charge in [-0.05, 0) is 18.2 Å². The van der Waals surface area contributed by atoms with Crippen molar-refractivity contribution in [2.24, 2.45) is 7.05 Å². The van der Waals surface area contributed by atoms with Gasteiger partial charge in [0.15, 0.2) is 11.9 Å². The van der Waals surface area contributed by atoms with Crippen LogP contribution in [0.4, 0.5) is 0 Å². The van der Waals surface area contributed by atoms with E-state index in [-0.39, 0.29) is 18.3 Å². The molecule has 9 nitrogen and oxygen atoms in total. The van der Waals surface area contributed by atoms with Crippen LogP contribution in [0.25, 0.3) is 0 Å². The van der Waals surface area contributed by atoms with E-state index in [0.717, 1.165) is 5.69 Å². The van der Waals surface area contributed by atoms with Gasteiger partial charge in [-0.25, -0.2) is 4.98 Å². The Hall–Kier alpha value is -2.91. The lowest BCUT2D eigenvalue weighted by Crippen LogP contribution is -2.38. The molecule has 0 saturated heterocycles. The first-order valence-electron chi connectivity index (χ1n) is 8.27. The van der Waals surface area contributed by atoms with Crippen molar-refractivity contribution in [1.82, 2.24) is 24.2 Å². The molecule has 26 heavy (non-hydrogen) atoms. The van der Waals surface area contributed by atoms with Gasteiger partial charge in [0, 0.05) is 26.0 Å². The highest BCUT2D eigenvalue weighted by molar-refractivity contribution is 5.91. The molecule has 3 aromatic heterocycles. The van der Waals surface area contributed by atoms with Gasteiger partial charge in [0.1, 0.15) is 18.2 Å². The molecule has 0 aromatic carbocycles. The molecule has 4 rings (SSSR count). The zero-order chi connectivity index (χ0) is 18.3. The van der Waals surface area contributed by atoms with E-state index in [1.54, 1.807) is 44.7 Å². The first kappa shape index (κ1) is 16.6. The molecule has 0 radical (unpaired) electrons. The van der Waals surface area contributed by atoms with Crippen molar-refractivity contribution in [3.8, 4) is 0 Å². The minimum atomic E-state index is -0.922. The Morgan fingerprint density at radius 2 is 2.23 bits per heavy atom. The van der Waals surface area contributed by atoms with Crippen molar-refractivity contribution in [2.45, 2.75) is 25.8 Å². The van der Waals surface area contributed by atoms with Crippen LogP contribution in [-0.2, 0) is 26.7 Å². The van der Waals surface area contributed by atoms with Crippen molar-refractivity contribution in [2.75, 3.05) is 6.54 Å². The molecule has 3 aromatic rings. The Kier molecular flexibility index (Phi) is 4.09. The highest BCUT2D eigenvalue weighted by Crippen LogP contribution is 2.23. The van der Waals surface area contributed by atoms with Gasteiger partial charge in [-0.15, -0.1) is 0 Å². The molecule has 1 amide bonds. The second-order valence-corrected chi connectivity index (χ2v) is 6.23. The topological polar surface area (TPSA) is 110 Å². The maximum absolute atomic E-state index is 12.6. The van der Waals surface area contributed by atoms with E-state index in [0.29, 0.717) is 36.9 Å². The smallest absolute Gasteiger partial charge is 0.289 e. The van der Waals surface area contributed by atoms with Crippen LogP contribution < -0.4 is 0 Å². The second-order valence-electron chi connectivity index (χ2n) is 6.23. The predicted octanol–water partition coefficient (Wildman–Crippen LogP) is 0.440. The number of carbonyl (C=O) groups is 1. The molecule has 0 aliphatic carbocycles. The molecule has 0 unspecified atom stereocenters. The molecular weight excluding hydrogens is 338 g/mol. The van der Waals surface area contributed by atoms with E-state index < -0.39 is 6.10 Å². The molecule has 136 valence electrons. The van der Waals surface area contributed by atoms with Crippen LogP contribution in [0.1, 0.15) is 39.6 Å². The van der Waals surface area contributed by atoms with Gasteiger partial charge in [-0.3, -0.25) is 9.48 Å². The summed E-state index contributed by atoms with van der Waals surface area (Å²) in [6.07, 6.45) is 2.46. The number of hydrogen-bond donors (Lipinski definition) is 2. The lowest BCUT2D eigenvalue weighted by atomic mass is 10.2. The maximum Gasteiger partial charge on any atom is 0.289 e. The molecule has 0 bridgehead atoms. The number of furan rings is 1. The number of amides is 1. The minimum Gasteiger partial charge on any atom is -0.453 e. The first-order chi connectivity index (χ1) is 12.6. The van der Waals surface area contributed by atoms with Crippen LogP contribution >= 0.6 is 0 Å². The van der Waals surface area contributed by atoms with E-state index in [2.05, 4.69) is 10.1 Å². The van der Waals surface area contributed by atoms with Crippen molar-refractivity contribution < 1.29 is 19.4 Å². The number of aliphatic hydroxyl groups excluding tert-OH is 2. The summed E-state index contributed by atoms with van der Waals surface area (Å²) < 4.78 is 8.87. The summed E-state index contributed by atoms with van der Waals surface area (Å²) in [6, 6.07) is 4.94. The van der Waals surface area contributed by atoms with Crippen molar-refractivity contribution in [3.05, 3.63) is 59.3 Å². The van der Waals surface area contributed by atoms with Crippen molar-refractivity contribution >= 4 is 5.91 Å². The number of rotatable bonds is 4. The summed E-state index contributed by atoms with van der Waals surface area (Å²) >= 11 is 0. The number of fused-ring (bicyclic) bond motifs is 1. The molecule has 0 spiro atoms. The number of aromatic nitrogens is 4. The number of nitrogens with zero attached hydrogens (tertiary/aromatic N) is 5. The Balaban J connectivity index is 1.53. The van der Waals surface area contributed by atoms with Crippen LogP contribution in [0.5, 0.6) is 0 Å². The van der Waals surface area contributed by atoms with Gasteiger partial charge < -0.3 is 24.1 Å². The Morgan fingerprint density at radius 1 is 1.38 bits per heavy atom. The maximum atomic E-state index is 12.6. The average molecular weight is 357 g/mol. The van der Waals surface area contributed by atoms with E-state index in [1.165, 1.54) is 0 Å². The van der Waals surface area contributed by atoms with Gasteiger partial charge >= 0.3 is 0 Å². The summed E-state index contributed by atoms with van der Waals surface area (Å²) in [5.41, 5.74) is 1.34. The number of aliphatic hydroxyl groups is 2. The zero-order valence-corrected chi connectivity index (χ0v) is 14.2. The minimum absolute atomic E-state index is 0.204. The Morgan fingerprint density at radius 3 is 2.92 bits per heavy atom. The van der Waals surface area contributed by atoms with Gasteiger partial charge in [-0.1, -0.05) is 0 Å². The van der Waals surface area contributed by atoms with Gasteiger partial charge in [0.25, 0.3) is 5.91 Å². The largest absolute Gasteiger partial charge is 0.453 e. The number of aryl methyl sites for hydroxylation is 1. The summed E-state index contributed by atoms with van der Waals surface area (Å²) in [7, 11) is 1.81. The Labute approximate surface area is 149 Å². The molecule has 0 fully saturated rings. The van der Waals surface area contributed by atoms with Gasteiger partial charge in [-0.2, -0.15) is 5.10 Å². The molecule has 1 atom stereocenters. The van der Waals surface area contributed by atoms with E-state index in [1.807, 2.05) is 7.05 Å². The van der Waals surface area contributed by atoms with Crippen LogP contribution in [0, 0.1) is 0 Å². The van der Waals surface area contributed by atoms with Gasteiger partial charge in [0.05, 0.1) is 24.5 Å². The number of carbonyl (C=O) groups excluding carboxylic acids is 1. The highest BCUT2D eigenvalue weighted by atomic mass is 16.4. The summed E-state index contributed by atoms with van der Waals surface area (Å²) in [6.45, 7) is 1.14. The predicted molar refractivity (Wildman–Crippen MR) is 88.9 cm³/mol. The third-order valence-electron chi connectivity index (χ3n) is 4.52. The van der Waals surface area contributed by atoms with Gasteiger partial charge in [0.2, 0.25) is 0 Å². The van der Waals surface area contributed by atoms with E-state index in [4.69, 9.17) is 9.52 Å².